The molecule has 1 aromatic carbocycles. The maximum Gasteiger partial charge on any atom is 0.241 e. The van der Waals surface area contributed by atoms with E-state index in [1.54, 1.807) is 19.1 Å². The van der Waals surface area contributed by atoms with E-state index in [0.717, 1.165) is 0 Å². The van der Waals surface area contributed by atoms with Crippen LogP contribution in [0, 0.1) is 6.92 Å². The third-order valence-electron chi connectivity index (χ3n) is 3.27. The van der Waals surface area contributed by atoms with Gasteiger partial charge < -0.3 is 9.84 Å². The molecule has 0 atom stereocenters. The van der Waals surface area contributed by atoms with E-state index in [1.807, 2.05) is 0 Å². The second-order valence-corrected chi connectivity index (χ2v) is 6.45. The number of benzene rings is 1. The van der Waals surface area contributed by atoms with Crippen LogP contribution in [0.5, 0.6) is 0 Å². The average Bonchev–Trinajstić information content (AvgIpc) is 2.39. The largest absolute Gasteiger partial charge is 0.392 e. The summed E-state index contributed by atoms with van der Waals surface area (Å²) in [5.41, 5.74) is 1.27. The Labute approximate surface area is 113 Å². The second-order valence-electron chi connectivity index (χ2n) is 4.77. The third kappa shape index (κ3) is 3.54. The van der Waals surface area contributed by atoms with Crippen molar-refractivity contribution in [3.63, 3.8) is 0 Å². The third-order valence-corrected chi connectivity index (χ3v) is 4.93. The van der Waals surface area contributed by atoms with Crippen LogP contribution in [0.4, 0.5) is 0 Å². The first kappa shape index (κ1) is 14.5. The number of hydrogen-bond acceptors (Lipinski definition) is 4. The molecule has 1 aliphatic rings. The molecule has 1 aromatic rings. The Bertz CT molecular complexity index is 536. The Morgan fingerprint density at radius 3 is 2.68 bits per heavy atom. The van der Waals surface area contributed by atoms with E-state index in [4.69, 9.17) is 9.84 Å². The molecule has 0 saturated carbocycles. The number of hydrogen-bond donors (Lipinski definition) is 2. The van der Waals surface area contributed by atoms with E-state index in [0.29, 0.717) is 37.2 Å². The van der Waals surface area contributed by atoms with Gasteiger partial charge in [-0.1, -0.05) is 12.1 Å². The van der Waals surface area contributed by atoms with Crippen molar-refractivity contribution in [1.29, 1.82) is 0 Å². The lowest BCUT2D eigenvalue weighted by atomic mass is 10.1. The van der Waals surface area contributed by atoms with Crippen molar-refractivity contribution >= 4 is 10.0 Å². The van der Waals surface area contributed by atoms with Crippen molar-refractivity contribution in [3.05, 3.63) is 29.3 Å². The molecule has 0 bridgehead atoms. The fraction of sp³-hybridized carbons (Fsp3) is 0.538. The summed E-state index contributed by atoms with van der Waals surface area (Å²) in [5, 5.41) is 9.11. The van der Waals surface area contributed by atoms with E-state index in [2.05, 4.69) is 4.72 Å². The Kier molecular flexibility index (Phi) is 4.57. The molecular weight excluding hydrogens is 266 g/mol. The molecule has 1 aliphatic heterocycles. The molecule has 2 rings (SSSR count). The normalized spacial score (nSPS) is 17.6. The molecule has 0 aliphatic carbocycles. The first-order chi connectivity index (χ1) is 9.03. The first-order valence-corrected chi connectivity index (χ1v) is 7.82. The van der Waals surface area contributed by atoms with Gasteiger partial charge in [0.05, 0.1) is 11.5 Å². The van der Waals surface area contributed by atoms with Gasteiger partial charge in [-0.05, 0) is 37.0 Å². The van der Waals surface area contributed by atoms with Crippen LogP contribution in [0.2, 0.25) is 0 Å². The molecule has 1 fully saturated rings. The molecule has 1 heterocycles. The van der Waals surface area contributed by atoms with Gasteiger partial charge in [0.2, 0.25) is 10.0 Å². The SMILES string of the molecule is Cc1ccc(CO)cc1S(=O)(=O)NC1CCOCC1. The molecule has 0 unspecified atom stereocenters. The summed E-state index contributed by atoms with van der Waals surface area (Å²) in [4.78, 5) is 0.241. The topological polar surface area (TPSA) is 75.6 Å². The lowest BCUT2D eigenvalue weighted by Gasteiger charge is -2.23. The molecule has 1 saturated heterocycles. The Hall–Kier alpha value is -0.950. The highest BCUT2D eigenvalue weighted by atomic mass is 32.2. The molecular formula is C13H19NO4S. The summed E-state index contributed by atoms with van der Waals surface area (Å²) in [6.07, 6.45) is 1.38. The molecule has 0 radical (unpaired) electrons. The summed E-state index contributed by atoms with van der Waals surface area (Å²) in [5.74, 6) is 0. The van der Waals surface area contributed by atoms with Gasteiger partial charge in [-0.25, -0.2) is 13.1 Å². The standard InChI is InChI=1S/C13H19NO4S/c1-10-2-3-11(9-15)8-13(10)19(16,17)14-12-4-6-18-7-5-12/h2-3,8,12,14-15H,4-7,9H2,1H3. The number of sulfonamides is 1. The summed E-state index contributed by atoms with van der Waals surface area (Å²) < 4.78 is 32.6. The quantitative estimate of drug-likeness (QED) is 0.863. The zero-order valence-corrected chi connectivity index (χ0v) is 11.7. The fourth-order valence-electron chi connectivity index (χ4n) is 2.13. The second kappa shape index (κ2) is 6.00. The van der Waals surface area contributed by atoms with Crippen LogP contribution in [-0.2, 0) is 21.4 Å². The van der Waals surface area contributed by atoms with Gasteiger partial charge in [-0.2, -0.15) is 0 Å². The molecule has 6 heteroatoms. The van der Waals surface area contributed by atoms with Gasteiger partial charge in [-0.3, -0.25) is 0 Å². The van der Waals surface area contributed by atoms with E-state index in [9.17, 15) is 8.42 Å². The maximum atomic E-state index is 12.4. The summed E-state index contributed by atoms with van der Waals surface area (Å²) in [7, 11) is -3.54. The monoisotopic (exact) mass is 285 g/mol. The summed E-state index contributed by atoms with van der Waals surface area (Å²) >= 11 is 0. The van der Waals surface area contributed by atoms with Crippen molar-refractivity contribution < 1.29 is 18.3 Å². The number of aliphatic hydroxyl groups is 1. The molecule has 19 heavy (non-hydrogen) atoms. The smallest absolute Gasteiger partial charge is 0.241 e. The number of nitrogens with one attached hydrogen (secondary N) is 1. The van der Waals surface area contributed by atoms with Crippen LogP contribution in [0.3, 0.4) is 0 Å². The van der Waals surface area contributed by atoms with Crippen molar-refractivity contribution in [3.8, 4) is 0 Å². The van der Waals surface area contributed by atoms with Crippen molar-refractivity contribution in [1.82, 2.24) is 4.72 Å². The highest BCUT2D eigenvalue weighted by Crippen LogP contribution is 2.19. The number of rotatable bonds is 4. The Morgan fingerprint density at radius 1 is 1.37 bits per heavy atom. The minimum Gasteiger partial charge on any atom is -0.392 e. The van der Waals surface area contributed by atoms with Crippen LogP contribution < -0.4 is 4.72 Å². The van der Waals surface area contributed by atoms with Crippen molar-refractivity contribution in [2.75, 3.05) is 13.2 Å². The summed E-state index contributed by atoms with van der Waals surface area (Å²) in [6.45, 7) is 2.76. The predicted octanol–water partition coefficient (Wildman–Crippen LogP) is 0.945. The van der Waals surface area contributed by atoms with Gasteiger partial charge in [0.25, 0.3) is 0 Å². The van der Waals surface area contributed by atoms with Crippen molar-refractivity contribution in [2.45, 2.75) is 37.3 Å². The average molecular weight is 285 g/mol. The Morgan fingerprint density at radius 2 is 2.05 bits per heavy atom. The molecule has 0 amide bonds. The fourth-order valence-corrected chi connectivity index (χ4v) is 3.73. The zero-order valence-electron chi connectivity index (χ0n) is 10.9. The van der Waals surface area contributed by atoms with Crippen LogP contribution >= 0.6 is 0 Å². The van der Waals surface area contributed by atoms with Gasteiger partial charge in [0.1, 0.15) is 0 Å². The van der Waals surface area contributed by atoms with Crippen LogP contribution in [0.25, 0.3) is 0 Å². The van der Waals surface area contributed by atoms with Crippen LogP contribution in [-0.4, -0.2) is 32.8 Å². The lowest BCUT2D eigenvalue weighted by Crippen LogP contribution is -2.39. The number of ether oxygens (including phenoxy) is 1. The lowest BCUT2D eigenvalue weighted by molar-refractivity contribution is 0.0832. The van der Waals surface area contributed by atoms with Gasteiger partial charge in [0, 0.05) is 19.3 Å². The maximum absolute atomic E-state index is 12.4. The molecule has 2 N–H and O–H groups in total. The predicted molar refractivity (Wildman–Crippen MR) is 71.3 cm³/mol. The molecule has 0 aromatic heterocycles. The Balaban J connectivity index is 2.23. The van der Waals surface area contributed by atoms with E-state index in [1.165, 1.54) is 6.07 Å². The minimum absolute atomic E-state index is 0.0732. The van der Waals surface area contributed by atoms with Crippen LogP contribution in [0.1, 0.15) is 24.0 Å². The van der Waals surface area contributed by atoms with E-state index >= 15 is 0 Å². The zero-order chi connectivity index (χ0) is 13.9. The van der Waals surface area contributed by atoms with E-state index < -0.39 is 10.0 Å². The molecule has 0 spiro atoms. The van der Waals surface area contributed by atoms with Gasteiger partial charge >= 0.3 is 0 Å². The first-order valence-electron chi connectivity index (χ1n) is 6.33. The molecule has 106 valence electrons. The van der Waals surface area contributed by atoms with Crippen molar-refractivity contribution in [2.24, 2.45) is 0 Å². The number of aliphatic hydroxyl groups excluding tert-OH is 1. The molecule has 5 nitrogen and oxygen atoms in total. The summed E-state index contributed by atoms with van der Waals surface area (Å²) in [6, 6.07) is 4.89. The van der Waals surface area contributed by atoms with Gasteiger partial charge in [-0.15, -0.1) is 0 Å². The van der Waals surface area contributed by atoms with Gasteiger partial charge in [0.15, 0.2) is 0 Å². The highest BCUT2D eigenvalue weighted by Gasteiger charge is 2.23. The van der Waals surface area contributed by atoms with E-state index in [-0.39, 0.29) is 17.5 Å². The number of aryl methyl sites for hydroxylation is 1. The minimum atomic E-state index is -3.54. The van der Waals surface area contributed by atoms with Crippen LogP contribution in [0.15, 0.2) is 23.1 Å². The highest BCUT2D eigenvalue weighted by molar-refractivity contribution is 7.89.